The van der Waals surface area contributed by atoms with Gasteiger partial charge in [-0.15, -0.1) is 0 Å². The highest BCUT2D eigenvalue weighted by atomic mass is 32.2. The van der Waals surface area contributed by atoms with Crippen LogP contribution in [0.5, 0.6) is 0 Å². The van der Waals surface area contributed by atoms with Crippen molar-refractivity contribution in [2.24, 2.45) is 0 Å². The van der Waals surface area contributed by atoms with Crippen LogP contribution in [0.25, 0.3) is 0 Å². The fourth-order valence-corrected chi connectivity index (χ4v) is 2.73. The van der Waals surface area contributed by atoms with Gasteiger partial charge in [-0.1, -0.05) is 51.1 Å². The molecule has 0 aliphatic heterocycles. The zero-order valence-electron chi connectivity index (χ0n) is 11.3. The van der Waals surface area contributed by atoms with Crippen molar-refractivity contribution in [1.82, 2.24) is 5.32 Å². The molecule has 0 saturated heterocycles. The first-order valence-electron chi connectivity index (χ1n) is 6.61. The Hall–Kier alpha value is -0.470. The van der Waals surface area contributed by atoms with Gasteiger partial charge in [0.25, 0.3) is 0 Å². The van der Waals surface area contributed by atoms with Crippen LogP contribution in [0.15, 0.2) is 30.3 Å². The van der Waals surface area contributed by atoms with E-state index in [1.54, 1.807) is 0 Å². The molecule has 1 rings (SSSR count). The van der Waals surface area contributed by atoms with Gasteiger partial charge in [0.15, 0.2) is 0 Å². The first-order chi connectivity index (χ1) is 8.22. The van der Waals surface area contributed by atoms with E-state index in [4.69, 9.17) is 0 Å². The third-order valence-corrected chi connectivity index (χ3v) is 4.01. The van der Waals surface area contributed by atoms with E-state index in [9.17, 15) is 0 Å². The molecule has 0 aliphatic rings. The highest BCUT2D eigenvalue weighted by molar-refractivity contribution is 7.99. The maximum atomic E-state index is 3.59. The maximum absolute atomic E-state index is 3.59. The predicted octanol–water partition coefficient (Wildman–Crippen LogP) is 3.74. The molecule has 0 bridgehead atoms. The van der Waals surface area contributed by atoms with E-state index in [1.165, 1.54) is 24.2 Å². The summed E-state index contributed by atoms with van der Waals surface area (Å²) in [6.07, 6.45) is 2.41. The number of hydrogen-bond acceptors (Lipinski definition) is 2. The van der Waals surface area contributed by atoms with Crippen molar-refractivity contribution in [2.75, 3.05) is 12.3 Å². The van der Waals surface area contributed by atoms with Crippen LogP contribution in [0, 0.1) is 0 Å². The first-order valence-corrected chi connectivity index (χ1v) is 7.66. The second kappa shape index (κ2) is 8.60. The number of nitrogens with one attached hydrogen (secondary N) is 1. The van der Waals surface area contributed by atoms with E-state index in [2.05, 4.69) is 68.2 Å². The predicted molar refractivity (Wildman–Crippen MR) is 79.8 cm³/mol. The Morgan fingerprint density at radius 1 is 1.18 bits per heavy atom. The molecule has 96 valence electrons. The van der Waals surface area contributed by atoms with Gasteiger partial charge in [0, 0.05) is 11.8 Å². The summed E-state index contributed by atoms with van der Waals surface area (Å²) in [6.45, 7) is 7.80. The summed E-state index contributed by atoms with van der Waals surface area (Å²) in [5.41, 5.74) is 1.45. The van der Waals surface area contributed by atoms with Crippen molar-refractivity contribution in [1.29, 1.82) is 0 Å². The van der Waals surface area contributed by atoms with Gasteiger partial charge in [-0.05, 0) is 30.2 Å². The SMILES string of the molecule is CCNC(CCc1ccccc1)CSC(C)C. The quantitative estimate of drug-likeness (QED) is 0.755. The molecule has 2 heteroatoms. The second-order valence-corrected chi connectivity index (χ2v) is 6.27. The zero-order chi connectivity index (χ0) is 12.5. The first kappa shape index (κ1) is 14.6. The molecule has 0 aromatic heterocycles. The maximum Gasteiger partial charge on any atom is 0.0161 e. The monoisotopic (exact) mass is 251 g/mol. The molecule has 0 aliphatic carbocycles. The van der Waals surface area contributed by atoms with Crippen LogP contribution in [0.1, 0.15) is 32.8 Å². The molecule has 0 saturated carbocycles. The number of hydrogen-bond donors (Lipinski definition) is 1. The van der Waals surface area contributed by atoms with Gasteiger partial charge in [0.1, 0.15) is 0 Å². The minimum absolute atomic E-state index is 0.646. The van der Waals surface area contributed by atoms with Crippen LogP contribution < -0.4 is 5.32 Å². The fraction of sp³-hybridized carbons (Fsp3) is 0.600. The van der Waals surface area contributed by atoms with Crippen LogP contribution in [-0.2, 0) is 6.42 Å². The van der Waals surface area contributed by atoms with E-state index >= 15 is 0 Å². The summed E-state index contributed by atoms with van der Waals surface area (Å²) in [6, 6.07) is 11.4. The van der Waals surface area contributed by atoms with Gasteiger partial charge in [-0.2, -0.15) is 11.8 Å². The van der Waals surface area contributed by atoms with Crippen molar-refractivity contribution in [3.8, 4) is 0 Å². The van der Waals surface area contributed by atoms with E-state index in [0.717, 1.165) is 11.8 Å². The summed E-state index contributed by atoms with van der Waals surface area (Å²) in [7, 11) is 0. The van der Waals surface area contributed by atoms with Crippen LogP contribution >= 0.6 is 11.8 Å². The molecular weight excluding hydrogens is 226 g/mol. The smallest absolute Gasteiger partial charge is 0.0161 e. The van der Waals surface area contributed by atoms with E-state index in [-0.39, 0.29) is 0 Å². The third-order valence-electron chi connectivity index (χ3n) is 2.75. The Labute approximate surface area is 110 Å². The molecule has 17 heavy (non-hydrogen) atoms. The Balaban J connectivity index is 2.33. The van der Waals surface area contributed by atoms with Gasteiger partial charge in [-0.3, -0.25) is 0 Å². The molecule has 1 aromatic carbocycles. The number of rotatable bonds is 8. The minimum Gasteiger partial charge on any atom is -0.313 e. The summed E-state index contributed by atoms with van der Waals surface area (Å²) in [5.74, 6) is 1.22. The average molecular weight is 251 g/mol. The van der Waals surface area contributed by atoms with Crippen LogP contribution in [0.2, 0.25) is 0 Å². The van der Waals surface area contributed by atoms with Crippen LogP contribution in [0.3, 0.4) is 0 Å². The summed E-state index contributed by atoms with van der Waals surface area (Å²) >= 11 is 2.05. The molecule has 1 aromatic rings. The largest absolute Gasteiger partial charge is 0.313 e. The summed E-state index contributed by atoms with van der Waals surface area (Å²) < 4.78 is 0. The molecule has 1 atom stereocenters. The molecule has 0 heterocycles. The lowest BCUT2D eigenvalue weighted by molar-refractivity contribution is 0.537. The van der Waals surface area contributed by atoms with Crippen molar-refractivity contribution >= 4 is 11.8 Å². The normalized spacial score (nSPS) is 12.9. The topological polar surface area (TPSA) is 12.0 Å². The number of benzene rings is 1. The Kier molecular flexibility index (Phi) is 7.38. The second-order valence-electron chi connectivity index (χ2n) is 4.66. The Morgan fingerprint density at radius 2 is 1.88 bits per heavy atom. The highest BCUT2D eigenvalue weighted by Gasteiger charge is 2.08. The molecule has 1 unspecified atom stereocenters. The van der Waals surface area contributed by atoms with E-state index in [1.807, 2.05) is 0 Å². The zero-order valence-corrected chi connectivity index (χ0v) is 12.1. The summed E-state index contributed by atoms with van der Waals surface area (Å²) in [5, 5.41) is 4.32. The Bertz CT molecular complexity index is 284. The van der Waals surface area contributed by atoms with Gasteiger partial charge in [0.05, 0.1) is 0 Å². The van der Waals surface area contributed by atoms with E-state index in [0.29, 0.717) is 6.04 Å². The lowest BCUT2D eigenvalue weighted by Gasteiger charge is -2.18. The summed E-state index contributed by atoms with van der Waals surface area (Å²) in [4.78, 5) is 0. The van der Waals surface area contributed by atoms with Gasteiger partial charge in [0.2, 0.25) is 0 Å². The molecule has 0 fully saturated rings. The molecule has 0 radical (unpaired) electrons. The van der Waals surface area contributed by atoms with E-state index < -0.39 is 0 Å². The van der Waals surface area contributed by atoms with Crippen molar-refractivity contribution in [3.05, 3.63) is 35.9 Å². The third kappa shape index (κ3) is 6.75. The average Bonchev–Trinajstić information content (AvgIpc) is 2.34. The molecule has 1 N–H and O–H groups in total. The fourth-order valence-electron chi connectivity index (χ4n) is 1.83. The molecule has 0 spiro atoms. The molecule has 1 nitrogen and oxygen atoms in total. The van der Waals surface area contributed by atoms with Gasteiger partial charge < -0.3 is 5.32 Å². The van der Waals surface area contributed by atoms with Crippen molar-refractivity contribution < 1.29 is 0 Å². The minimum atomic E-state index is 0.646. The lowest BCUT2D eigenvalue weighted by Crippen LogP contribution is -2.32. The lowest BCUT2D eigenvalue weighted by atomic mass is 10.1. The van der Waals surface area contributed by atoms with Crippen LogP contribution in [-0.4, -0.2) is 23.6 Å². The van der Waals surface area contributed by atoms with Crippen LogP contribution in [0.4, 0.5) is 0 Å². The molecular formula is C15H25NS. The highest BCUT2D eigenvalue weighted by Crippen LogP contribution is 2.14. The number of thioether (sulfide) groups is 1. The van der Waals surface area contributed by atoms with Crippen molar-refractivity contribution in [3.63, 3.8) is 0 Å². The Morgan fingerprint density at radius 3 is 2.47 bits per heavy atom. The number of aryl methyl sites for hydroxylation is 1. The van der Waals surface area contributed by atoms with Crippen molar-refractivity contribution in [2.45, 2.75) is 44.9 Å². The van der Waals surface area contributed by atoms with Gasteiger partial charge >= 0.3 is 0 Å². The molecule has 0 amide bonds. The van der Waals surface area contributed by atoms with Gasteiger partial charge in [-0.25, -0.2) is 0 Å². The standard InChI is InChI=1S/C15H25NS/c1-4-16-15(12-17-13(2)3)11-10-14-8-6-5-7-9-14/h5-9,13,15-16H,4,10-12H2,1-3H3.